The van der Waals surface area contributed by atoms with Crippen molar-refractivity contribution in [3.63, 3.8) is 0 Å². The van der Waals surface area contributed by atoms with Crippen molar-refractivity contribution in [1.82, 2.24) is 0 Å². The molecule has 0 saturated carbocycles. The number of hydrogen-bond donors (Lipinski definition) is 1. The van der Waals surface area contributed by atoms with Crippen LogP contribution in [0.4, 0.5) is 0 Å². The van der Waals surface area contributed by atoms with Gasteiger partial charge in [-0.25, -0.2) is 0 Å². The number of methoxy groups -OCH3 is 1. The van der Waals surface area contributed by atoms with Crippen LogP contribution >= 0.6 is 0 Å². The van der Waals surface area contributed by atoms with Crippen molar-refractivity contribution in [3.8, 4) is 11.5 Å². The molecule has 0 heterocycles. The maximum absolute atomic E-state index is 5.52. The van der Waals surface area contributed by atoms with Gasteiger partial charge in [-0.15, -0.1) is 0 Å². The standard InChI is InChI=1S/C12H19NO2/c1-3-8-15-11-5-4-10(6-7-13)12(9-11)14-2/h4-5,9H,3,6-8,13H2,1-2H3. The van der Waals surface area contributed by atoms with Crippen LogP contribution < -0.4 is 15.2 Å². The fourth-order valence-electron chi connectivity index (χ4n) is 1.40. The highest BCUT2D eigenvalue weighted by Gasteiger charge is 2.04. The highest BCUT2D eigenvalue weighted by Crippen LogP contribution is 2.24. The summed E-state index contributed by atoms with van der Waals surface area (Å²) in [4.78, 5) is 0. The third-order valence-corrected chi connectivity index (χ3v) is 2.15. The number of ether oxygens (including phenoxy) is 2. The van der Waals surface area contributed by atoms with E-state index in [1.54, 1.807) is 7.11 Å². The molecule has 84 valence electrons. The van der Waals surface area contributed by atoms with E-state index in [0.29, 0.717) is 6.54 Å². The van der Waals surface area contributed by atoms with Gasteiger partial charge >= 0.3 is 0 Å². The second-order valence-corrected chi connectivity index (χ2v) is 3.36. The second-order valence-electron chi connectivity index (χ2n) is 3.36. The van der Waals surface area contributed by atoms with Crippen LogP contribution in [0.15, 0.2) is 18.2 Å². The molecule has 2 N–H and O–H groups in total. The van der Waals surface area contributed by atoms with Gasteiger partial charge in [0.05, 0.1) is 13.7 Å². The molecule has 0 fully saturated rings. The van der Waals surface area contributed by atoms with Gasteiger partial charge in [-0.05, 0) is 31.0 Å². The zero-order valence-corrected chi connectivity index (χ0v) is 9.45. The molecule has 0 bridgehead atoms. The highest BCUT2D eigenvalue weighted by atomic mass is 16.5. The average Bonchev–Trinajstić information content (AvgIpc) is 2.28. The summed E-state index contributed by atoms with van der Waals surface area (Å²) in [6.07, 6.45) is 1.84. The van der Waals surface area contributed by atoms with Crippen molar-refractivity contribution in [3.05, 3.63) is 23.8 Å². The molecule has 0 spiro atoms. The van der Waals surface area contributed by atoms with Crippen molar-refractivity contribution in [2.24, 2.45) is 5.73 Å². The first kappa shape index (κ1) is 11.9. The van der Waals surface area contributed by atoms with E-state index >= 15 is 0 Å². The molecule has 0 amide bonds. The summed E-state index contributed by atoms with van der Waals surface area (Å²) >= 11 is 0. The molecule has 3 nitrogen and oxygen atoms in total. The summed E-state index contributed by atoms with van der Waals surface area (Å²) < 4.78 is 10.8. The maximum atomic E-state index is 5.52. The summed E-state index contributed by atoms with van der Waals surface area (Å²) in [5.41, 5.74) is 6.64. The lowest BCUT2D eigenvalue weighted by Crippen LogP contribution is -2.04. The normalized spacial score (nSPS) is 10.1. The van der Waals surface area contributed by atoms with Crippen molar-refractivity contribution < 1.29 is 9.47 Å². The molecule has 0 aliphatic carbocycles. The number of nitrogens with two attached hydrogens (primary N) is 1. The first-order chi connectivity index (χ1) is 7.31. The molecule has 15 heavy (non-hydrogen) atoms. The van der Waals surface area contributed by atoms with Crippen molar-refractivity contribution in [2.45, 2.75) is 19.8 Å². The average molecular weight is 209 g/mol. The number of hydrogen-bond acceptors (Lipinski definition) is 3. The molecule has 0 atom stereocenters. The largest absolute Gasteiger partial charge is 0.496 e. The molecule has 1 aromatic rings. The first-order valence-electron chi connectivity index (χ1n) is 5.31. The van der Waals surface area contributed by atoms with Gasteiger partial charge in [-0.3, -0.25) is 0 Å². The third kappa shape index (κ3) is 3.44. The Morgan fingerprint density at radius 2 is 2.13 bits per heavy atom. The topological polar surface area (TPSA) is 44.5 Å². The SMILES string of the molecule is CCCOc1ccc(CCN)c(OC)c1. The van der Waals surface area contributed by atoms with E-state index in [1.165, 1.54) is 0 Å². The lowest BCUT2D eigenvalue weighted by atomic mass is 10.1. The third-order valence-electron chi connectivity index (χ3n) is 2.15. The molecule has 1 aromatic carbocycles. The molecule has 0 saturated heterocycles. The molecule has 0 unspecified atom stereocenters. The predicted octanol–water partition coefficient (Wildman–Crippen LogP) is 1.99. The Labute approximate surface area is 91.2 Å². The minimum Gasteiger partial charge on any atom is -0.496 e. The fourth-order valence-corrected chi connectivity index (χ4v) is 1.40. The molecule has 1 rings (SSSR count). The van der Waals surface area contributed by atoms with Crippen LogP contribution in [0.1, 0.15) is 18.9 Å². The minimum atomic E-state index is 0.630. The van der Waals surface area contributed by atoms with Gasteiger partial charge in [-0.2, -0.15) is 0 Å². The van der Waals surface area contributed by atoms with Gasteiger partial charge in [0.15, 0.2) is 0 Å². The molecular weight excluding hydrogens is 190 g/mol. The first-order valence-corrected chi connectivity index (χ1v) is 5.31. The van der Waals surface area contributed by atoms with E-state index in [9.17, 15) is 0 Å². The Kier molecular flexibility index (Phi) is 4.98. The highest BCUT2D eigenvalue weighted by molar-refractivity contribution is 5.40. The van der Waals surface area contributed by atoms with Crippen LogP contribution in [0, 0.1) is 0 Å². The van der Waals surface area contributed by atoms with Gasteiger partial charge in [-0.1, -0.05) is 13.0 Å². The van der Waals surface area contributed by atoms with E-state index in [4.69, 9.17) is 15.2 Å². The summed E-state index contributed by atoms with van der Waals surface area (Å²) in [6, 6.07) is 5.89. The quantitative estimate of drug-likeness (QED) is 0.779. The monoisotopic (exact) mass is 209 g/mol. The molecular formula is C12H19NO2. The molecule has 0 aliphatic heterocycles. The van der Waals surface area contributed by atoms with E-state index in [1.807, 2.05) is 18.2 Å². The lowest BCUT2D eigenvalue weighted by molar-refractivity contribution is 0.314. The van der Waals surface area contributed by atoms with Gasteiger partial charge in [0.2, 0.25) is 0 Å². The second kappa shape index (κ2) is 6.30. The summed E-state index contributed by atoms with van der Waals surface area (Å²) in [6.45, 7) is 3.45. The van der Waals surface area contributed by atoms with E-state index in [2.05, 4.69) is 6.92 Å². The van der Waals surface area contributed by atoms with Crippen LogP contribution in [-0.4, -0.2) is 20.3 Å². The number of rotatable bonds is 6. The van der Waals surface area contributed by atoms with E-state index < -0.39 is 0 Å². The fraction of sp³-hybridized carbons (Fsp3) is 0.500. The van der Waals surface area contributed by atoms with Crippen LogP contribution in [0.2, 0.25) is 0 Å². The van der Waals surface area contributed by atoms with Gasteiger partial charge in [0, 0.05) is 6.07 Å². The summed E-state index contributed by atoms with van der Waals surface area (Å²) in [5.74, 6) is 1.71. The van der Waals surface area contributed by atoms with E-state index in [-0.39, 0.29) is 0 Å². The van der Waals surface area contributed by atoms with Gasteiger partial charge < -0.3 is 15.2 Å². The Balaban J connectivity index is 2.77. The van der Waals surface area contributed by atoms with Crippen molar-refractivity contribution >= 4 is 0 Å². The summed E-state index contributed by atoms with van der Waals surface area (Å²) in [7, 11) is 1.67. The van der Waals surface area contributed by atoms with Crippen LogP contribution in [0.3, 0.4) is 0 Å². The zero-order chi connectivity index (χ0) is 11.1. The van der Waals surface area contributed by atoms with Gasteiger partial charge in [0.25, 0.3) is 0 Å². The van der Waals surface area contributed by atoms with Crippen LogP contribution in [0.25, 0.3) is 0 Å². The predicted molar refractivity (Wildman–Crippen MR) is 61.5 cm³/mol. The maximum Gasteiger partial charge on any atom is 0.125 e. The Morgan fingerprint density at radius 3 is 2.73 bits per heavy atom. The van der Waals surface area contributed by atoms with Crippen LogP contribution in [-0.2, 0) is 6.42 Å². The molecule has 0 radical (unpaired) electrons. The molecule has 3 heteroatoms. The Morgan fingerprint density at radius 1 is 1.33 bits per heavy atom. The van der Waals surface area contributed by atoms with Crippen LogP contribution in [0.5, 0.6) is 11.5 Å². The van der Waals surface area contributed by atoms with Crippen molar-refractivity contribution in [1.29, 1.82) is 0 Å². The Hall–Kier alpha value is -1.22. The smallest absolute Gasteiger partial charge is 0.125 e. The molecule has 0 aliphatic rings. The van der Waals surface area contributed by atoms with E-state index in [0.717, 1.165) is 36.5 Å². The minimum absolute atomic E-state index is 0.630. The lowest BCUT2D eigenvalue weighted by Gasteiger charge is -2.10. The zero-order valence-electron chi connectivity index (χ0n) is 9.45. The Bertz CT molecular complexity index is 300. The summed E-state index contributed by atoms with van der Waals surface area (Å²) in [5, 5.41) is 0. The number of benzene rings is 1. The van der Waals surface area contributed by atoms with Crippen molar-refractivity contribution in [2.75, 3.05) is 20.3 Å². The molecule has 0 aromatic heterocycles. The van der Waals surface area contributed by atoms with Gasteiger partial charge in [0.1, 0.15) is 11.5 Å².